The number of aryl methyl sites for hydroxylation is 1. The van der Waals surface area contributed by atoms with Crippen molar-refractivity contribution in [1.29, 1.82) is 0 Å². The summed E-state index contributed by atoms with van der Waals surface area (Å²) in [6.07, 6.45) is 3.14. The zero-order chi connectivity index (χ0) is 12.0. The van der Waals surface area contributed by atoms with E-state index >= 15 is 0 Å². The van der Waals surface area contributed by atoms with Crippen molar-refractivity contribution in [3.8, 4) is 0 Å². The van der Waals surface area contributed by atoms with Gasteiger partial charge in [-0.25, -0.2) is 8.42 Å². The van der Waals surface area contributed by atoms with Crippen LogP contribution in [0.5, 0.6) is 0 Å². The van der Waals surface area contributed by atoms with Gasteiger partial charge in [0, 0.05) is 12.7 Å². The van der Waals surface area contributed by atoms with Crippen molar-refractivity contribution in [3.63, 3.8) is 0 Å². The number of hydrogen-bond donors (Lipinski definition) is 2. The molecule has 0 atom stereocenters. The molecule has 1 heterocycles. The summed E-state index contributed by atoms with van der Waals surface area (Å²) in [6.45, 7) is 4.99. The number of aromatic nitrogens is 1. The summed E-state index contributed by atoms with van der Waals surface area (Å²) in [6, 6.07) is 1.77. The lowest BCUT2D eigenvalue weighted by Crippen LogP contribution is -2.26. The van der Waals surface area contributed by atoms with Crippen molar-refractivity contribution in [2.45, 2.75) is 13.8 Å². The van der Waals surface area contributed by atoms with E-state index in [-0.39, 0.29) is 5.75 Å². The lowest BCUT2D eigenvalue weighted by molar-refractivity contribution is 0.597. The van der Waals surface area contributed by atoms with Gasteiger partial charge >= 0.3 is 0 Å². The second-order valence-corrected chi connectivity index (χ2v) is 5.31. The van der Waals surface area contributed by atoms with E-state index in [1.165, 1.54) is 6.20 Å². The second kappa shape index (κ2) is 5.81. The first kappa shape index (κ1) is 12.9. The lowest BCUT2D eigenvalue weighted by Gasteiger charge is -2.09. The van der Waals surface area contributed by atoms with Gasteiger partial charge in [-0.15, -0.1) is 0 Å². The SMILES string of the molecule is CCNCCS(=O)(=O)Nc1cnccc1C. The highest BCUT2D eigenvalue weighted by molar-refractivity contribution is 7.92. The van der Waals surface area contributed by atoms with Crippen molar-refractivity contribution >= 4 is 15.7 Å². The van der Waals surface area contributed by atoms with Crippen molar-refractivity contribution < 1.29 is 8.42 Å². The molecule has 0 aromatic carbocycles. The monoisotopic (exact) mass is 243 g/mol. The first-order chi connectivity index (χ1) is 7.55. The van der Waals surface area contributed by atoms with E-state index in [1.807, 2.05) is 13.8 Å². The van der Waals surface area contributed by atoms with Crippen LogP contribution in [-0.4, -0.2) is 32.2 Å². The fourth-order valence-corrected chi connectivity index (χ4v) is 2.24. The van der Waals surface area contributed by atoms with E-state index in [1.54, 1.807) is 12.3 Å². The normalized spacial score (nSPS) is 11.4. The van der Waals surface area contributed by atoms with Gasteiger partial charge in [0.1, 0.15) is 0 Å². The summed E-state index contributed by atoms with van der Waals surface area (Å²) in [4.78, 5) is 3.88. The van der Waals surface area contributed by atoms with Gasteiger partial charge in [0.25, 0.3) is 0 Å². The molecule has 1 aromatic rings. The van der Waals surface area contributed by atoms with Gasteiger partial charge in [0.05, 0.1) is 17.6 Å². The molecule has 0 aliphatic heterocycles. The summed E-state index contributed by atoms with van der Waals surface area (Å²) >= 11 is 0. The van der Waals surface area contributed by atoms with Crippen LogP contribution in [-0.2, 0) is 10.0 Å². The van der Waals surface area contributed by atoms with Crippen molar-refractivity contribution in [2.24, 2.45) is 0 Å². The zero-order valence-corrected chi connectivity index (χ0v) is 10.3. The standard InChI is InChI=1S/C10H17N3O2S/c1-3-11-6-7-16(14,15)13-10-8-12-5-4-9(10)2/h4-5,8,11,13H,3,6-7H2,1-2H3. The molecule has 1 aromatic heterocycles. The fourth-order valence-electron chi connectivity index (χ4n) is 1.17. The molecule has 90 valence electrons. The van der Waals surface area contributed by atoms with Crippen molar-refractivity contribution in [1.82, 2.24) is 10.3 Å². The topological polar surface area (TPSA) is 71.1 Å². The predicted octanol–water partition coefficient (Wildman–Crippen LogP) is 0.741. The van der Waals surface area contributed by atoms with Gasteiger partial charge in [-0.05, 0) is 25.1 Å². The third kappa shape index (κ3) is 4.16. The van der Waals surface area contributed by atoms with E-state index in [0.29, 0.717) is 12.2 Å². The summed E-state index contributed by atoms with van der Waals surface area (Å²) in [5.41, 5.74) is 1.40. The first-order valence-corrected chi connectivity index (χ1v) is 6.82. The van der Waals surface area contributed by atoms with Crippen LogP contribution in [0.4, 0.5) is 5.69 Å². The largest absolute Gasteiger partial charge is 0.316 e. The molecule has 2 N–H and O–H groups in total. The van der Waals surface area contributed by atoms with Crippen LogP contribution in [0.2, 0.25) is 0 Å². The maximum atomic E-state index is 11.6. The highest BCUT2D eigenvalue weighted by Crippen LogP contribution is 2.12. The quantitative estimate of drug-likeness (QED) is 0.723. The highest BCUT2D eigenvalue weighted by Gasteiger charge is 2.10. The molecule has 0 unspecified atom stereocenters. The molecule has 0 aliphatic carbocycles. The summed E-state index contributed by atoms with van der Waals surface area (Å²) in [7, 11) is -3.28. The number of nitrogens with zero attached hydrogens (tertiary/aromatic N) is 1. The Morgan fingerprint density at radius 3 is 2.81 bits per heavy atom. The Labute approximate surface area is 96.3 Å². The molecular formula is C10H17N3O2S. The number of rotatable bonds is 6. The maximum Gasteiger partial charge on any atom is 0.234 e. The second-order valence-electron chi connectivity index (χ2n) is 3.47. The lowest BCUT2D eigenvalue weighted by atomic mass is 10.3. The number of hydrogen-bond acceptors (Lipinski definition) is 4. The van der Waals surface area contributed by atoms with Crippen molar-refractivity contribution in [3.05, 3.63) is 24.0 Å². The molecule has 0 saturated heterocycles. The van der Waals surface area contributed by atoms with E-state index in [4.69, 9.17) is 0 Å². The summed E-state index contributed by atoms with van der Waals surface area (Å²) in [5.74, 6) is 0.0647. The molecule has 16 heavy (non-hydrogen) atoms. The molecular weight excluding hydrogens is 226 g/mol. The number of pyridine rings is 1. The average Bonchev–Trinajstić information content (AvgIpc) is 2.21. The fraction of sp³-hybridized carbons (Fsp3) is 0.500. The molecule has 5 nitrogen and oxygen atoms in total. The van der Waals surface area contributed by atoms with E-state index in [9.17, 15) is 8.42 Å². The minimum atomic E-state index is -3.28. The Balaban J connectivity index is 2.63. The van der Waals surface area contributed by atoms with Gasteiger partial charge in [-0.3, -0.25) is 9.71 Å². The Kier molecular flexibility index (Phi) is 4.70. The molecule has 1 rings (SSSR count). The molecule has 0 fully saturated rings. The Bertz CT molecular complexity index is 431. The maximum absolute atomic E-state index is 11.6. The molecule has 0 spiro atoms. The zero-order valence-electron chi connectivity index (χ0n) is 9.53. The van der Waals surface area contributed by atoms with Gasteiger partial charge in [-0.2, -0.15) is 0 Å². The van der Waals surface area contributed by atoms with Crippen LogP contribution in [0.15, 0.2) is 18.5 Å². The summed E-state index contributed by atoms with van der Waals surface area (Å²) < 4.78 is 25.8. The minimum absolute atomic E-state index is 0.0647. The van der Waals surface area contributed by atoms with Gasteiger partial charge in [0.15, 0.2) is 0 Å². The first-order valence-electron chi connectivity index (χ1n) is 5.17. The Morgan fingerprint density at radius 2 is 2.19 bits per heavy atom. The van der Waals surface area contributed by atoms with Crippen LogP contribution in [0.3, 0.4) is 0 Å². The Hall–Kier alpha value is -1.14. The Morgan fingerprint density at radius 1 is 1.44 bits per heavy atom. The molecule has 0 saturated carbocycles. The van der Waals surface area contributed by atoms with E-state index in [0.717, 1.165) is 12.1 Å². The molecule has 0 bridgehead atoms. The average molecular weight is 243 g/mol. The van der Waals surface area contributed by atoms with Crippen LogP contribution in [0, 0.1) is 6.92 Å². The van der Waals surface area contributed by atoms with Gasteiger partial charge in [0.2, 0.25) is 10.0 Å². The highest BCUT2D eigenvalue weighted by atomic mass is 32.2. The van der Waals surface area contributed by atoms with E-state index < -0.39 is 10.0 Å². The molecule has 0 amide bonds. The third-order valence-electron chi connectivity index (χ3n) is 2.10. The van der Waals surface area contributed by atoms with E-state index in [2.05, 4.69) is 15.0 Å². The smallest absolute Gasteiger partial charge is 0.234 e. The molecule has 0 radical (unpaired) electrons. The van der Waals surface area contributed by atoms with Crippen LogP contribution in [0.25, 0.3) is 0 Å². The number of anilines is 1. The number of nitrogens with one attached hydrogen (secondary N) is 2. The summed E-state index contributed by atoms with van der Waals surface area (Å²) in [5, 5.41) is 2.97. The van der Waals surface area contributed by atoms with Gasteiger partial charge in [-0.1, -0.05) is 6.92 Å². The van der Waals surface area contributed by atoms with Crippen LogP contribution < -0.4 is 10.0 Å². The van der Waals surface area contributed by atoms with Gasteiger partial charge < -0.3 is 5.32 Å². The van der Waals surface area contributed by atoms with Crippen molar-refractivity contribution in [2.75, 3.05) is 23.6 Å². The molecule has 0 aliphatic rings. The predicted molar refractivity (Wildman–Crippen MR) is 64.9 cm³/mol. The third-order valence-corrected chi connectivity index (χ3v) is 3.37. The minimum Gasteiger partial charge on any atom is -0.316 e. The molecule has 6 heteroatoms. The number of sulfonamides is 1. The van der Waals surface area contributed by atoms with Crippen LogP contribution in [0.1, 0.15) is 12.5 Å². The van der Waals surface area contributed by atoms with Crippen LogP contribution >= 0.6 is 0 Å².